The fraction of sp³-hybridized carbons (Fsp3) is 0.111. The van der Waals surface area contributed by atoms with Crippen LogP contribution < -0.4 is 9.64 Å². The Labute approximate surface area is 175 Å². The molecule has 5 aromatic rings. The molecule has 1 aliphatic rings. The highest BCUT2D eigenvalue weighted by molar-refractivity contribution is 6.09. The molecular weight excluding hydrogens is 368 g/mol. The molecule has 0 radical (unpaired) electrons. The van der Waals surface area contributed by atoms with E-state index in [9.17, 15) is 0 Å². The van der Waals surface area contributed by atoms with Gasteiger partial charge in [-0.15, -0.1) is 0 Å². The number of hydrogen-bond donors (Lipinski definition) is 0. The molecule has 1 aliphatic heterocycles. The summed E-state index contributed by atoms with van der Waals surface area (Å²) in [6.45, 7) is 4.20. The minimum absolute atomic E-state index is 0.895. The zero-order chi connectivity index (χ0) is 20.4. The monoisotopic (exact) mass is 390 g/mol. The predicted molar refractivity (Wildman–Crippen MR) is 125 cm³/mol. The molecule has 0 saturated heterocycles. The maximum Gasteiger partial charge on any atom is 0.151 e. The third kappa shape index (κ3) is 2.38. The zero-order valence-electron chi connectivity index (χ0n) is 17.3. The van der Waals surface area contributed by atoms with Crippen molar-refractivity contribution in [1.29, 1.82) is 0 Å². The van der Waals surface area contributed by atoms with Gasteiger partial charge in [0.05, 0.1) is 11.4 Å². The maximum atomic E-state index is 6.31. The molecule has 3 heteroatoms. The Morgan fingerprint density at radius 3 is 1.97 bits per heavy atom. The van der Waals surface area contributed by atoms with Crippen LogP contribution in [0.4, 0.5) is 17.1 Å². The molecule has 0 N–H and O–H groups in total. The molecule has 6 rings (SSSR count). The van der Waals surface area contributed by atoms with E-state index in [1.165, 1.54) is 32.9 Å². The molecule has 1 aromatic heterocycles. The SMILES string of the molecule is Cc1ccc2c(c1)Oc1cc(C)ccc1N2c1ccc2c(c1)c1ccccc1n2C. The highest BCUT2D eigenvalue weighted by atomic mass is 16.5. The molecule has 0 saturated carbocycles. The Morgan fingerprint density at radius 1 is 0.633 bits per heavy atom. The fourth-order valence-corrected chi connectivity index (χ4v) is 4.60. The van der Waals surface area contributed by atoms with E-state index in [0.29, 0.717) is 0 Å². The third-order valence-corrected chi connectivity index (χ3v) is 6.09. The minimum atomic E-state index is 0.895. The molecular formula is C27H22N2O. The van der Waals surface area contributed by atoms with Crippen LogP contribution in [0.5, 0.6) is 11.5 Å². The molecule has 4 aromatic carbocycles. The van der Waals surface area contributed by atoms with Crippen LogP contribution in [0.3, 0.4) is 0 Å². The smallest absolute Gasteiger partial charge is 0.151 e. The van der Waals surface area contributed by atoms with E-state index >= 15 is 0 Å². The van der Waals surface area contributed by atoms with E-state index in [1.807, 2.05) is 0 Å². The third-order valence-electron chi connectivity index (χ3n) is 6.09. The van der Waals surface area contributed by atoms with Gasteiger partial charge in [0.2, 0.25) is 0 Å². The summed E-state index contributed by atoms with van der Waals surface area (Å²) in [5.74, 6) is 1.79. The van der Waals surface area contributed by atoms with Crippen LogP contribution in [0.25, 0.3) is 21.8 Å². The molecule has 0 spiro atoms. The van der Waals surface area contributed by atoms with E-state index in [2.05, 4.69) is 109 Å². The second-order valence-corrected chi connectivity index (χ2v) is 8.16. The summed E-state index contributed by atoms with van der Waals surface area (Å²) < 4.78 is 8.57. The molecule has 0 fully saturated rings. The Morgan fingerprint density at radius 2 is 1.27 bits per heavy atom. The van der Waals surface area contributed by atoms with Crippen LogP contribution in [0.15, 0.2) is 78.9 Å². The lowest BCUT2D eigenvalue weighted by molar-refractivity contribution is 0.476. The second-order valence-electron chi connectivity index (χ2n) is 8.16. The van der Waals surface area contributed by atoms with Crippen molar-refractivity contribution in [2.75, 3.05) is 4.90 Å². The Bertz CT molecular complexity index is 1410. The molecule has 0 unspecified atom stereocenters. The van der Waals surface area contributed by atoms with Crippen LogP contribution in [-0.4, -0.2) is 4.57 Å². The maximum absolute atomic E-state index is 6.31. The zero-order valence-corrected chi connectivity index (χ0v) is 17.3. The number of para-hydroxylation sites is 1. The summed E-state index contributed by atoms with van der Waals surface area (Å²) in [4.78, 5) is 2.31. The lowest BCUT2D eigenvalue weighted by Gasteiger charge is -2.33. The number of rotatable bonds is 1. The predicted octanol–water partition coefficient (Wildman–Crippen LogP) is 7.52. The first-order valence-corrected chi connectivity index (χ1v) is 10.3. The van der Waals surface area contributed by atoms with Gasteiger partial charge in [-0.25, -0.2) is 0 Å². The van der Waals surface area contributed by atoms with E-state index in [1.54, 1.807) is 0 Å². The number of benzene rings is 4. The Kier molecular flexibility index (Phi) is 3.51. The first-order chi connectivity index (χ1) is 14.6. The van der Waals surface area contributed by atoms with E-state index in [4.69, 9.17) is 4.74 Å². The quantitative estimate of drug-likeness (QED) is 0.289. The van der Waals surface area contributed by atoms with Gasteiger partial charge in [-0.1, -0.05) is 30.3 Å². The molecule has 3 nitrogen and oxygen atoms in total. The number of aryl methyl sites for hydroxylation is 3. The average Bonchev–Trinajstić information content (AvgIpc) is 3.04. The van der Waals surface area contributed by atoms with Crippen molar-refractivity contribution in [3.63, 3.8) is 0 Å². The fourth-order valence-electron chi connectivity index (χ4n) is 4.60. The molecule has 0 atom stereocenters. The molecule has 0 aliphatic carbocycles. The number of nitrogens with zero attached hydrogens (tertiary/aromatic N) is 2. The van der Waals surface area contributed by atoms with Gasteiger partial charge in [-0.3, -0.25) is 0 Å². The first-order valence-electron chi connectivity index (χ1n) is 10.3. The van der Waals surface area contributed by atoms with Crippen LogP contribution >= 0.6 is 0 Å². The first kappa shape index (κ1) is 17.2. The Hall–Kier alpha value is -3.72. The van der Waals surface area contributed by atoms with Crippen molar-refractivity contribution < 1.29 is 4.74 Å². The number of anilines is 3. The number of fused-ring (bicyclic) bond motifs is 5. The molecule has 146 valence electrons. The summed E-state index contributed by atoms with van der Waals surface area (Å²) in [7, 11) is 2.13. The van der Waals surface area contributed by atoms with Gasteiger partial charge in [0.1, 0.15) is 0 Å². The van der Waals surface area contributed by atoms with Crippen molar-refractivity contribution >= 4 is 38.9 Å². The molecule has 2 heterocycles. The lowest BCUT2D eigenvalue weighted by Crippen LogP contribution is -2.16. The van der Waals surface area contributed by atoms with Gasteiger partial charge < -0.3 is 14.2 Å². The summed E-state index contributed by atoms with van der Waals surface area (Å²) in [5.41, 5.74) is 8.13. The van der Waals surface area contributed by atoms with Gasteiger partial charge in [-0.05, 0) is 73.5 Å². The number of ether oxygens (including phenoxy) is 1. The van der Waals surface area contributed by atoms with Crippen LogP contribution in [0.1, 0.15) is 11.1 Å². The van der Waals surface area contributed by atoms with Crippen molar-refractivity contribution in [2.45, 2.75) is 13.8 Å². The van der Waals surface area contributed by atoms with Gasteiger partial charge in [0, 0.05) is 34.5 Å². The minimum Gasteiger partial charge on any atom is -0.453 e. The molecule has 0 bridgehead atoms. The van der Waals surface area contributed by atoms with E-state index in [0.717, 1.165) is 28.6 Å². The molecule has 0 amide bonds. The summed E-state index contributed by atoms with van der Waals surface area (Å²) in [6, 6.07) is 28.2. The number of hydrogen-bond acceptors (Lipinski definition) is 2. The van der Waals surface area contributed by atoms with Crippen LogP contribution in [0, 0.1) is 13.8 Å². The highest BCUT2D eigenvalue weighted by Gasteiger charge is 2.26. The molecule has 30 heavy (non-hydrogen) atoms. The van der Waals surface area contributed by atoms with Gasteiger partial charge in [0.15, 0.2) is 11.5 Å². The summed E-state index contributed by atoms with van der Waals surface area (Å²) in [6.07, 6.45) is 0. The highest BCUT2D eigenvalue weighted by Crippen LogP contribution is 2.51. The topological polar surface area (TPSA) is 17.4 Å². The van der Waals surface area contributed by atoms with Crippen LogP contribution in [0.2, 0.25) is 0 Å². The van der Waals surface area contributed by atoms with E-state index < -0.39 is 0 Å². The van der Waals surface area contributed by atoms with Crippen LogP contribution in [-0.2, 0) is 7.05 Å². The normalized spacial score (nSPS) is 12.7. The average molecular weight is 390 g/mol. The standard InChI is InChI=1S/C27H22N2O/c1-17-8-11-24-26(14-17)30-27-15-18(2)9-12-25(27)29(24)19-10-13-23-21(16-19)20-6-4-5-7-22(20)28(23)3/h4-16H,1-3H3. The second kappa shape index (κ2) is 6.14. The van der Waals surface area contributed by atoms with Crippen molar-refractivity contribution in [3.8, 4) is 11.5 Å². The lowest BCUT2D eigenvalue weighted by atomic mass is 10.1. The van der Waals surface area contributed by atoms with Gasteiger partial charge in [0.25, 0.3) is 0 Å². The van der Waals surface area contributed by atoms with Crippen molar-refractivity contribution in [3.05, 3.63) is 90.0 Å². The number of aromatic nitrogens is 1. The summed E-state index contributed by atoms with van der Waals surface area (Å²) >= 11 is 0. The largest absolute Gasteiger partial charge is 0.453 e. The Balaban J connectivity index is 1.64. The van der Waals surface area contributed by atoms with Crippen molar-refractivity contribution in [2.24, 2.45) is 7.05 Å². The van der Waals surface area contributed by atoms with Gasteiger partial charge in [-0.2, -0.15) is 0 Å². The van der Waals surface area contributed by atoms with Gasteiger partial charge >= 0.3 is 0 Å². The van der Waals surface area contributed by atoms with Crippen molar-refractivity contribution in [1.82, 2.24) is 4.57 Å². The summed E-state index contributed by atoms with van der Waals surface area (Å²) in [5, 5.41) is 2.54. The van der Waals surface area contributed by atoms with E-state index in [-0.39, 0.29) is 0 Å².